The van der Waals surface area contributed by atoms with E-state index >= 15 is 0 Å². The van der Waals surface area contributed by atoms with Crippen LogP contribution in [0.15, 0.2) is 77.7 Å². The topological polar surface area (TPSA) is 83.5 Å². The van der Waals surface area contributed by atoms with Gasteiger partial charge in [0.05, 0.1) is 16.3 Å². The molecule has 5 nitrogen and oxygen atoms in total. The Morgan fingerprint density at radius 3 is 2.31 bits per heavy atom. The van der Waals surface area contributed by atoms with Crippen molar-refractivity contribution in [1.29, 1.82) is 0 Å². The molecular weight excluding hydrogens is 476 g/mol. The quantitative estimate of drug-likeness (QED) is 0.337. The van der Waals surface area contributed by atoms with Gasteiger partial charge in [-0.2, -0.15) is 0 Å². The van der Waals surface area contributed by atoms with E-state index < -0.39 is 21.8 Å². The maximum Gasteiger partial charge on any atom is 0.335 e. The van der Waals surface area contributed by atoms with Crippen LogP contribution < -0.4 is 4.72 Å². The first-order valence-corrected chi connectivity index (χ1v) is 11.4. The molecule has 0 saturated carbocycles. The molecule has 0 spiro atoms. The summed E-state index contributed by atoms with van der Waals surface area (Å²) in [6, 6.07) is 17.4. The molecular formula is C23H14Cl2FNO4S. The second kappa shape index (κ2) is 8.43. The van der Waals surface area contributed by atoms with Crippen LogP contribution in [-0.4, -0.2) is 19.5 Å². The highest BCUT2D eigenvalue weighted by molar-refractivity contribution is 7.92. The zero-order chi connectivity index (χ0) is 23.0. The molecule has 0 saturated heterocycles. The summed E-state index contributed by atoms with van der Waals surface area (Å²) in [5.74, 6) is -1.78. The number of carbonyl (C=O) groups is 1. The minimum absolute atomic E-state index is 0.00961. The minimum atomic E-state index is -4.08. The zero-order valence-electron chi connectivity index (χ0n) is 16.1. The summed E-state index contributed by atoms with van der Waals surface area (Å²) in [4.78, 5) is 11.2. The number of rotatable bonds is 5. The van der Waals surface area contributed by atoms with Crippen LogP contribution in [0.4, 0.5) is 10.1 Å². The predicted molar refractivity (Wildman–Crippen MR) is 124 cm³/mol. The number of nitrogens with one attached hydrogen (secondary N) is 1. The van der Waals surface area contributed by atoms with Crippen LogP contribution in [0.5, 0.6) is 0 Å². The fourth-order valence-corrected chi connectivity index (χ4v) is 5.21. The average molecular weight is 490 g/mol. The molecule has 162 valence electrons. The Morgan fingerprint density at radius 2 is 1.59 bits per heavy atom. The third-order valence-corrected chi connectivity index (χ3v) is 6.94. The number of halogens is 3. The van der Waals surface area contributed by atoms with Crippen molar-refractivity contribution in [3.8, 4) is 11.1 Å². The summed E-state index contributed by atoms with van der Waals surface area (Å²) >= 11 is 12.0. The Bertz CT molecular complexity index is 1490. The predicted octanol–water partition coefficient (Wildman–Crippen LogP) is 6.45. The molecule has 0 aliphatic heterocycles. The first-order valence-electron chi connectivity index (χ1n) is 9.20. The standard InChI is InChI=1S/C23H14Cl2FNO4S/c24-14-6-8-19(25)22(12-14)32(30,31)27-21-10-7-16(15-3-1-2-4-17(15)21)18-11-13(23(28)29)5-9-20(18)26/h1-12,27H,(H,28,29). The van der Waals surface area contributed by atoms with E-state index in [-0.39, 0.29) is 31.8 Å². The normalized spacial score (nSPS) is 11.5. The van der Waals surface area contributed by atoms with E-state index in [1.165, 1.54) is 42.5 Å². The van der Waals surface area contributed by atoms with Gasteiger partial charge in [-0.1, -0.05) is 53.5 Å². The number of hydrogen-bond acceptors (Lipinski definition) is 3. The summed E-state index contributed by atoms with van der Waals surface area (Å²) in [5.41, 5.74) is 0.694. The molecule has 0 aliphatic carbocycles. The van der Waals surface area contributed by atoms with Gasteiger partial charge in [-0.15, -0.1) is 0 Å². The number of fused-ring (bicyclic) bond motifs is 1. The highest BCUT2D eigenvalue weighted by Gasteiger charge is 2.21. The highest BCUT2D eigenvalue weighted by Crippen LogP contribution is 2.36. The van der Waals surface area contributed by atoms with Crippen molar-refractivity contribution in [2.24, 2.45) is 0 Å². The Labute approximate surface area is 193 Å². The lowest BCUT2D eigenvalue weighted by Gasteiger charge is -2.15. The SMILES string of the molecule is O=C(O)c1ccc(F)c(-c2ccc(NS(=O)(=O)c3cc(Cl)ccc3Cl)c3ccccc23)c1. The molecule has 4 aromatic carbocycles. The number of hydrogen-bond donors (Lipinski definition) is 2. The molecule has 0 bridgehead atoms. The Kier molecular flexibility index (Phi) is 5.81. The summed E-state index contributed by atoms with van der Waals surface area (Å²) in [5, 5.41) is 10.5. The molecule has 0 heterocycles. The number of sulfonamides is 1. The molecule has 32 heavy (non-hydrogen) atoms. The molecule has 9 heteroatoms. The van der Waals surface area contributed by atoms with Gasteiger partial charge >= 0.3 is 5.97 Å². The number of anilines is 1. The van der Waals surface area contributed by atoms with Crippen LogP contribution in [0.3, 0.4) is 0 Å². The minimum Gasteiger partial charge on any atom is -0.478 e. The molecule has 4 rings (SSSR count). The van der Waals surface area contributed by atoms with Crippen LogP contribution in [0.25, 0.3) is 21.9 Å². The van der Waals surface area contributed by atoms with E-state index in [0.29, 0.717) is 16.3 Å². The van der Waals surface area contributed by atoms with Gasteiger partial charge in [0.1, 0.15) is 10.7 Å². The molecule has 0 aliphatic rings. The lowest BCUT2D eigenvalue weighted by Crippen LogP contribution is -2.14. The fourth-order valence-electron chi connectivity index (χ4n) is 3.37. The van der Waals surface area contributed by atoms with Crippen molar-refractivity contribution in [2.75, 3.05) is 4.72 Å². The third-order valence-electron chi connectivity index (χ3n) is 4.85. The fraction of sp³-hybridized carbons (Fsp3) is 0. The van der Waals surface area contributed by atoms with Crippen molar-refractivity contribution in [3.05, 3.63) is 94.2 Å². The van der Waals surface area contributed by atoms with Gasteiger partial charge in [-0.05, 0) is 53.4 Å². The van der Waals surface area contributed by atoms with E-state index in [1.54, 1.807) is 24.3 Å². The molecule has 0 atom stereocenters. The molecule has 0 aromatic heterocycles. The molecule has 0 fully saturated rings. The van der Waals surface area contributed by atoms with E-state index in [1.807, 2.05) is 0 Å². The molecule has 0 amide bonds. The molecule has 0 unspecified atom stereocenters. The van der Waals surface area contributed by atoms with Crippen molar-refractivity contribution in [1.82, 2.24) is 0 Å². The van der Waals surface area contributed by atoms with Gasteiger partial charge in [-0.3, -0.25) is 4.72 Å². The van der Waals surface area contributed by atoms with Crippen LogP contribution in [0.2, 0.25) is 10.0 Å². The van der Waals surface area contributed by atoms with E-state index in [0.717, 1.165) is 6.07 Å². The van der Waals surface area contributed by atoms with Crippen LogP contribution in [0.1, 0.15) is 10.4 Å². The number of aromatic carboxylic acids is 1. The first-order chi connectivity index (χ1) is 15.2. The Hall–Kier alpha value is -3.13. The van der Waals surface area contributed by atoms with Crippen molar-refractivity contribution in [3.63, 3.8) is 0 Å². The largest absolute Gasteiger partial charge is 0.478 e. The smallest absolute Gasteiger partial charge is 0.335 e. The van der Waals surface area contributed by atoms with Gasteiger partial charge in [-0.25, -0.2) is 17.6 Å². The summed E-state index contributed by atoms with van der Waals surface area (Å²) in [6.45, 7) is 0. The van der Waals surface area contributed by atoms with E-state index in [4.69, 9.17) is 23.2 Å². The maximum absolute atomic E-state index is 14.6. The summed E-state index contributed by atoms with van der Waals surface area (Å²) < 4.78 is 43.0. The van der Waals surface area contributed by atoms with Crippen molar-refractivity contribution in [2.45, 2.75) is 4.90 Å². The van der Waals surface area contributed by atoms with Gasteiger partial charge < -0.3 is 5.11 Å². The van der Waals surface area contributed by atoms with Gasteiger partial charge in [0.15, 0.2) is 0 Å². The monoisotopic (exact) mass is 489 g/mol. The van der Waals surface area contributed by atoms with E-state index in [9.17, 15) is 22.7 Å². The Balaban J connectivity index is 1.86. The Morgan fingerprint density at radius 1 is 0.875 bits per heavy atom. The zero-order valence-corrected chi connectivity index (χ0v) is 18.5. The number of benzene rings is 4. The van der Waals surface area contributed by atoms with Crippen LogP contribution in [0, 0.1) is 5.82 Å². The molecule has 4 aromatic rings. The van der Waals surface area contributed by atoms with Crippen molar-refractivity contribution >= 4 is 55.7 Å². The second-order valence-corrected chi connectivity index (χ2v) is 9.38. The first kappa shape index (κ1) is 22.1. The number of carboxylic acid groups (broad SMARTS) is 1. The summed E-state index contributed by atoms with van der Waals surface area (Å²) in [7, 11) is -4.08. The second-order valence-electron chi connectivity index (χ2n) is 6.89. The third kappa shape index (κ3) is 4.14. The van der Waals surface area contributed by atoms with Gasteiger partial charge in [0, 0.05) is 16.0 Å². The van der Waals surface area contributed by atoms with Crippen LogP contribution >= 0.6 is 23.2 Å². The van der Waals surface area contributed by atoms with Gasteiger partial charge in [0.25, 0.3) is 10.0 Å². The van der Waals surface area contributed by atoms with Gasteiger partial charge in [0.2, 0.25) is 0 Å². The van der Waals surface area contributed by atoms with Crippen molar-refractivity contribution < 1.29 is 22.7 Å². The lowest BCUT2D eigenvalue weighted by molar-refractivity contribution is 0.0697. The molecule has 2 N–H and O–H groups in total. The maximum atomic E-state index is 14.6. The van der Waals surface area contributed by atoms with E-state index in [2.05, 4.69) is 4.72 Å². The number of carboxylic acids is 1. The average Bonchev–Trinajstić information content (AvgIpc) is 2.76. The molecule has 0 radical (unpaired) electrons. The van der Waals surface area contributed by atoms with Crippen LogP contribution in [-0.2, 0) is 10.0 Å². The summed E-state index contributed by atoms with van der Waals surface area (Å²) in [6.07, 6.45) is 0. The lowest BCUT2D eigenvalue weighted by atomic mass is 9.95. The highest BCUT2D eigenvalue weighted by atomic mass is 35.5.